The molecule has 3 nitrogen and oxygen atoms in total. The molecule has 1 atom stereocenters. The molecule has 1 unspecified atom stereocenters. The highest BCUT2D eigenvalue weighted by atomic mass is 79.9. The number of benzene rings is 1. The van der Waals surface area contributed by atoms with Crippen LogP contribution in [0.15, 0.2) is 22.7 Å². The number of hydrogen-bond acceptors (Lipinski definition) is 4. The van der Waals surface area contributed by atoms with Crippen LogP contribution < -0.4 is 5.73 Å². The summed E-state index contributed by atoms with van der Waals surface area (Å²) in [4.78, 5) is 0. The molecule has 0 saturated heterocycles. The van der Waals surface area contributed by atoms with Crippen LogP contribution in [0.5, 0.6) is 0 Å². The lowest BCUT2D eigenvalue weighted by Gasteiger charge is -2.02. The molecule has 90 valence electrons. The second-order valence-corrected chi connectivity index (χ2v) is 5.80. The lowest BCUT2D eigenvalue weighted by Crippen LogP contribution is -2.07. The first-order chi connectivity index (χ1) is 8.13. The van der Waals surface area contributed by atoms with E-state index in [-0.39, 0.29) is 6.04 Å². The van der Waals surface area contributed by atoms with Crippen molar-refractivity contribution in [1.29, 1.82) is 0 Å². The quantitative estimate of drug-likeness (QED) is 0.923. The van der Waals surface area contributed by atoms with Crippen molar-refractivity contribution in [2.75, 3.05) is 0 Å². The summed E-state index contributed by atoms with van der Waals surface area (Å²) in [6.07, 6.45) is 0.848. The average Bonchev–Trinajstić information content (AvgIpc) is 2.81. The first-order valence-electron chi connectivity index (χ1n) is 5.16. The number of hydrogen-bond donors (Lipinski definition) is 1. The van der Waals surface area contributed by atoms with E-state index < -0.39 is 0 Å². The molecule has 0 aliphatic heterocycles. The minimum Gasteiger partial charge on any atom is -0.322 e. The Bertz CT molecular complexity index is 529. The smallest absolute Gasteiger partial charge is 0.149 e. The van der Waals surface area contributed by atoms with Crippen molar-refractivity contribution in [3.63, 3.8) is 0 Å². The summed E-state index contributed by atoms with van der Waals surface area (Å²) < 4.78 is 0.855. The zero-order chi connectivity index (χ0) is 12.4. The van der Waals surface area contributed by atoms with E-state index in [1.807, 2.05) is 25.1 Å². The molecule has 17 heavy (non-hydrogen) atoms. The molecule has 2 aromatic rings. The summed E-state index contributed by atoms with van der Waals surface area (Å²) in [6.45, 7) is 2.03. The van der Waals surface area contributed by atoms with Gasteiger partial charge in [0.05, 0.1) is 11.1 Å². The topological polar surface area (TPSA) is 51.8 Å². The monoisotopic (exact) mass is 331 g/mol. The van der Waals surface area contributed by atoms with Crippen molar-refractivity contribution < 1.29 is 0 Å². The minimum absolute atomic E-state index is 0.0489. The van der Waals surface area contributed by atoms with Crippen molar-refractivity contribution in [1.82, 2.24) is 10.2 Å². The molecule has 2 N–H and O–H groups in total. The zero-order valence-electron chi connectivity index (χ0n) is 9.15. The predicted molar refractivity (Wildman–Crippen MR) is 75.3 cm³/mol. The Labute approximate surface area is 117 Å². The van der Waals surface area contributed by atoms with Gasteiger partial charge in [0.1, 0.15) is 10.0 Å². The van der Waals surface area contributed by atoms with E-state index in [4.69, 9.17) is 17.3 Å². The predicted octanol–water partition coefficient (Wildman–Crippen LogP) is 4.03. The van der Waals surface area contributed by atoms with Crippen LogP contribution in [0.1, 0.15) is 24.4 Å². The maximum Gasteiger partial charge on any atom is 0.149 e. The van der Waals surface area contributed by atoms with Crippen LogP contribution in [0, 0.1) is 0 Å². The Morgan fingerprint density at radius 1 is 1.47 bits per heavy atom. The van der Waals surface area contributed by atoms with Crippen molar-refractivity contribution in [2.45, 2.75) is 19.4 Å². The van der Waals surface area contributed by atoms with E-state index in [0.717, 1.165) is 26.5 Å². The molecule has 1 aromatic carbocycles. The van der Waals surface area contributed by atoms with Crippen LogP contribution in [-0.4, -0.2) is 10.2 Å². The first-order valence-corrected chi connectivity index (χ1v) is 7.15. The van der Waals surface area contributed by atoms with E-state index >= 15 is 0 Å². The third-order valence-corrected chi connectivity index (χ3v) is 4.76. The van der Waals surface area contributed by atoms with Gasteiger partial charge in [-0.2, -0.15) is 0 Å². The lowest BCUT2D eigenvalue weighted by molar-refractivity contribution is 0.683. The van der Waals surface area contributed by atoms with Gasteiger partial charge in [0.25, 0.3) is 0 Å². The van der Waals surface area contributed by atoms with Crippen LogP contribution >= 0.6 is 38.9 Å². The van der Waals surface area contributed by atoms with Crippen LogP contribution in [0.4, 0.5) is 0 Å². The van der Waals surface area contributed by atoms with Crippen LogP contribution in [0.3, 0.4) is 0 Å². The Kier molecular flexibility index (Phi) is 4.14. The fourth-order valence-corrected chi connectivity index (χ4v) is 2.93. The fourth-order valence-electron chi connectivity index (χ4n) is 1.34. The summed E-state index contributed by atoms with van der Waals surface area (Å²) in [5.41, 5.74) is 6.80. The second-order valence-electron chi connectivity index (χ2n) is 3.56. The molecule has 1 heterocycles. The highest BCUT2D eigenvalue weighted by Crippen LogP contribution is 2.35. The van der Waals surface area contributed by atoms with E-state index in [2.05, 4.69) is 26.1 Å². The van der Waals surface area contributed by atoms with Gasteiger partial charge in [-0.1, -0.05) is 42.0 Å². The average molecular weight is 333 g/mol. The standard InChI is InChI=1S/C11H11BrClN3S/c1-2-8(14)11-16-15-10(17-11)6-4-3-5-7(12)9(6)13/h3-5,8H,2,14H2,1H3. The summed E-state index contributed by atoms with van der Waals surface area (Å²) in [5, 5.41) is 10.5. The van der Waals surface area contributed by atoms with Crippen LogP contribution in [-0.2, 0) is 0 Å². The van der Waals surface area contributed by atoms with Gasteiger partial charge in [0.2, 0.25) is 0 Å². The van der Waals surface area contributed by atoms with Crippen molar-refractivity contribution in [3.8, 4) is 10.6 Å². The number of nitrogens with two attached hydrogens (primary N) is 1. The number of nitrogens with zero attached hydrogens (tertiary/aromatic N) is 2. The van der Waals surface area contributed by atoms with E-state index in [9.17, 15) is 0 Å². The highest BCUT2D eigenvalue weighted by Gasteiger charge is 2.14. The molecule has 0 spiro atoms. The number of rotatable bonds is 3. The van der Waals surface area contributed by atoms with Gasteiger partial charge in [-0.05, 0) is 28.4 Å². The molecule has 0 amide bonds. The molecule has 0 fully saturated rings. The molecule has 0 bridgehead atoms. The van der Waals surface area contributed by atoms with Gasteiger partial charge >= 0.3 is 0 Å². The molecule has 0 saturated carbocycles. The Morgan fingerprint density at radius 2 is 2.24 bits per heavy atom. The van der Waals surface area contributed by atoms with E-state index in [0.29, 0.717) is 5.02 Å². The second kappa shape index (κ2) is 5.44. The van der Waals surface area contributed by atoms with Gasteiger partial charge in [-0.25, -0.2) is 0 Å². The molecular weight excluding hydrogens is 322 g/mol. The van der Waals surface area contributed by atoms with E-state index in [1.165, 1.54) is 11.3 Å². The minimum atomic E-state index is -0.0489. The summed E-state index contributed by atoms with van der Waals surface area (Å²) in [7, 11) is 0. The first kappa shape index (κ1) is 13.0. The Hall–Kier alpha value is -0.490. The Morgan fingerprint density at radius 3 is 2.94 bits per heavy atom. The highest BCUT2D eigenvalue weighted by molar-refractivity contribution is 9.10. The number of halogens is 2. The van der Waals surface area contributed by atoms with Gasteiger partial charge in [0.15, 0.2) is 0 Å². The molecule has 1 aromatic heterocycles. The SMILES string of the molecule is CCC(N)c1nnc(-c2cccc(Br)c2Cl)s1. The number of aromatic nitrogens is 2. The normalized spacial score (nSPS) is 12.7. The van der Waals surface area contributed by atoms with Gasteiger partial charge < -0.3 is 5.73 Å². The maximum absolute atomic E-state index is 6.21. The molecule has 2 rings (SSSR count). The third kappa shape index (κ3) is 2.68. The lowest BCUT2D eigenvalue weighted by atomic mass is 10.2. The summed E-state index contributed by atoms with van der Waals surface area (Å²) in [5.74, 6) is 0. The molecule has 0 aliphatic carbocycles. The van der Waals surface area contributed by atoms with Gasteiger partial charge in [0, 0.05) is 10.0 Å². The largest absolute Gasteiger partial charge is 0.322 e. The Balaban J connectivity index is 2.40. The molecule has 6 heteroatoms. The van der Waals surface area contributed by atoms with Crippen LogP contribution in [0.25, 0.3) is 10.6 Å². The molecule has 0 aliphatic rings. The molecule has 0 radical (unpaired) electrons. The van der Waals surface area contributed by atoms with Crippen molar-refractivity contribution in [3.05, 3.63) is 32.7 Å². The van der Waals surface area contributed by atoms with Crippen molar-refractivity contribution >= 4 is 38.9 Å². The van der Waals surface area contributed by atoms with Crippen molar-refractivity contribution in [2.24, 2.45) is 5.73 Å². The summed E-state index contributed by atoms with van der Waals surface area (Å²) in [6, 6.07) is 5.69. The van der Waals surface area contributed by atoms with Gasteiger partial charge in [-0.15, -0.1) is 10.2 Å². The van der Waals surface area contributed by atoms with Crippen LogP contribution in [0.2, 0.25) is 5.02 Å². The van der Waals surface area contributed by atoms with Gasteiger partial charge in [-0.3, -0.25) is 0 Å². The summed E-state index contributed by atoms with van der Waals surface area (Å²) >= 11 is 11.1. The zero-order valence-corrected chi connectivity index (χ0v) is 12.3. The molecular formula is C11H11BrClN3S. The fraction of sp³-hybridized carbons (Fsp3) is 0.273. The maximum atomic E-state index is 6.21. The van der Waals surface area contributed by atoms with E-state index in [1.54, 1.807) is 0 Å². The third-order valence-electron chi connectivity index (χ3n) is 2.38.